The predicted molar refractivity (Wildman–Crippen MR) is 42.4 cm³/mol. The molecule has 0 spiro atoms. The van der Waals surface area contributed by atoms with Crippen molar-refractivity contribution in [3.05, 3.63) is 30.6 Å². The van der Waals surface area contributed by atoms with Gasteiger partial charge in [0.15, 0.2) is 0 Å². The summed E-state index contributed by atoms with van der Waals surface area (Å²) in [5.41, 5.74) is 0. The van der Waals surface area contributed by atoms with E-state index >= 15 is 0 Å². The Hall–Kier alpha value is -1.32. The van der Waals surface area contributed by atoms with E-state index in [1.54, 1.807) is 0 Å². The average molecular weight is 287 g/mol. The summed E-state index contributed by atoms with van der Waals surface area (Å²) in [5, 5.41) is 29.5. The summed E-state index contributed by atoms with van der Waals surface area (Å²) in [4.78, 5) is 16.5. The van der Waals surface area contributed by atoms with Crippen LogP contribution in [0.2, 0.25) is 0 Å². The SMILES string of the molecule is O.O.O.O.O.O.O=[N+]([O-])[O-].O=[N+]([O-])[O-].[Mn+2]. The zero-order chi connectivity index (χ0) is 7.15. The maximum atomic E-state index is 8.25. The zero-order valence-corrected chi connectivity index (χ0v) is 7.90. The first-order valence-electron chi connectivity index (χ1n) is 1.10. The van der Waals surface area contributed by atoms with Gasteiger partial charge in [-0.05, 0) is 0 Å². The summed E-state index contributed by atoms with van der Waals surface area (Å²) in [6, 6.07) is 0. The molecule has 0 bridgehead atoms. The second-order valence-electron chi connectivity index (χ2n) is 0.447. The van der Waals surface area contributed by atoms with E-state index in [0.29, 0.717) is 0 Å². The fourth-order valence-corrected chi connectivity index (χ4v) is 0. The quantitative estimate of drug-likeness (QED) is 0.237. The molecule has 101 valence electrons. The van der Waals surface area contributed by atoms with E-state index in [1.165, 1.54) is 0 Å². The van der Waals surface area contributed by atoms with Crippen LogP contribution in [-0.2, 0) is 17.1 Å². The van der Waals surface area contributed by atoms with E-state index in [0.717, 1.165) is 0 Å². The molecule has 15 heteroatoms. The summed E-state index contributed by atoms with van der Waals surface area (Å²) in [6.07, 6.45) is 0. The number of nitrogens with zero attached hydrogens (tertiary/aromatic N) is 2. The summed E-state index contributed by atoms with van der Waals surface area (Å²) < 4.78 is 0. The van der Waals surface area contributed by atoms with Crippen LogP contribution in [-0.4, -0.2) is 43.0 Å². The second kappa shape index (κ2) is 79.0. The van der Waals surface area contributed by atoms with Crippen molar-refractivity contribution >= 4 is 0 Å². The predicted octanol–water partition coefficient (Wildman–Crippen LogP) is -5.43. The molecule has 1 radical (unpaired) electrons. The molecule has 0 saturated carbocycles. The molecule has 0 aromatic carbocycles. The van der Waals surface area contributed by atoms with Gasteiger partial charge in [-0.3, -0.25) is 0 Å². The molecule has 0 atom stereocenters. The van der Waals surface area contributed by atoms with Crippen molar-refractivity contribution in [2.24, 2.45) is 0 Å². The third-order valence-corrected chi connectivity index (χ3v) is 0. The summed E-state index contributed by atoms with van der Waals surface area (Å²) in [7, 11) is 0. The van der Waals surface area contributed by atoms with Crippen molar-refractivity contribution < 1.29 is 60.1 Å². The van der Waals surface area contributed by atoms with E-state index in [4.69, 9.17) is 30.6 Å². The maximum absolute atomic E-state index is 8.25. The molecule has 14 nitrogen and oxygen atoms in total. The van der Waals surface area contributed by atoms with Crippen LogP contribution in [0.4, 0.5) is 0 Å². The summed E-state index contributed by atoms with van der Waals surface area (Å²) in [6.45, 7) is 0. The van der Waals surface area contributed by atoms with Gasteiger partial charge in [0.25, 0.3) is 0 Å². The monoisotopic (exact) mass is 287 g/mol. The average Bonchev–Trinajstić information content (AvgIpc) is 1.25. The first kappa shape index (κ1) is 100. The molecule has 0 aliphatic rings. The van der Waals surface area contributed by atoms with E-state index in [2.05, 4.69) is 0 Å². The van der Waals surface area contributed by atoms with Crippen LogP contribution in [0, 0.1) is 30.6 Å². The molecule has 0 aromatic rings. The Morgan fingerprint density at radius 1 is 0.533 bits per heavy atom. The fraction of sp³-hybridized carbons (Fsp3) is 0. The molecule has 0 heterocycles. The smallest absolute Gasteiger partial charge is 0.412 e. The molecule has 0 aliphatic carbocycles. The van der Waals surface area contributed by atoms with Gasteiger partial charge in [0.1, 0.15) is 0 Å². The Labute approximate surface area is 91.7 Å². The van der Waals surface area contributed by atoms with Crippen molar-refractivity contribution in [1.82, 2.24) is 0 Å². The number of rotatable bonds is 0. The van der Waals surface area contributed by atoms with Crippen LogP contribution in [0.25, 0.3) is 0 Å². The minimum atomic E-state index is -1.75. The second-order valence-corrected chi connectivity index (χ2v) is 0.447. The van der Waals surface area contributed by atoms with Crippen LogP contribution in [0.15, 0.2) is 0 Å². The molecular formula is H12MnN2O12. The topological polar surface area (TPSA) is 321 Å². The van der Waals surface area contributed by atoms with Crippen LogP contribution < -0.4 is 0 Å². The minimum Gasteiger partial charge on any atom is -0.412 e. The molecule has 0 unspecified atom stereocenters. The standard InChI is InChI=1S/Mn.2NO3.6H2O/c;2*2-1(3)4;;;;;;/h;;;6*1H2/q+2;2*-1;;;;;;. The molecule has 0 saturated heterocycles. The summed E-state index contributed by atoms with van der Waals surface area (Å²) >= 11 is 0. The van der Waals surface area contributed by atoms with Crippen molar-refractivity contribution in [2.45, 2.75) is 0 Å². The van der Waals surface area contributed by atoms with Crippen molar-refractivity contribution in [3.63, 3.8) is 0 Å². The molecule has 0 fully saturated rings. The number of hydrogen-bond donors (Lipinski definition) is 0. The third-order valence-electron chi connectivity index (χ3n) is 0. The van der Waals surface area contributed by atoms with Crippen molar-refractivity contribution in [2.75, 3.05) is 0 Å². The maximum Gasteiger partial charge on any atom is 2.00 e. The fourth-order valence-electron chi connectivity index (χ4n) is 0. The van der Waals surface area contributed by atoms with E-state index < -0.39 is 10.2 Å². The largest absolute Gasteiger partial charge is 2.00 e. The van der Waals surface area contributed by atoms with Gasteiger partial charge < -0.3 is 63.5 Å². The van der Waals surface area contributed by atoms with E-state index in [1.807, 2.05) is 0 Å². The Balaban J connectivity index is -0.00000000468. The van der Waals surface area contributed by atoms with Crippen LogP contribution in [0.3, 0.4) is 0 Å². The van der Waals surface area contributed by atoms with Gasteiger partial charge in [-0.1, -0.05) is 0 Å². The Bertz CT molecular complexity index is 71.6. The molecule has 0 aromatic heterocycles. The van der Waals surface area contributed by atoms with Gasteiger partial charge in [-0.25, -0.2) is 0 Å². The first-order chi connectivity index (χ1) is 3.46. The number of hydrogen-bond acceptors (Lipinski definition) is 6. The zero-order valence-electron chi connectivity index (χ0n) is 6.72. The van der Waals surface area contributed by atoms with Gasteiger partial charge in [0, 0.05) is 0 Å². The molecule has 15 heavy (non-hydrogen) atoms. The molecular weight excluding hydrogens is 275 g/mol. The van der Waals surface area contributed by atoms with E-state index in [-0.39, 0.29) is 49.9 Å². The molecule has 0 aliphatic heterocycles. The van der Waals surface area contributed by atoms with Gasteiger partial charge >= 0.3 is 17.1 Å². The van der Waals surface area contributed by atoms with Crippen LogP contribution >= 0.6 is 0 Å². The van der Waals surface area contributed by atoms with E-state index in [9.17, 15) is 0 Å². The molecule has 0 rings (SSSR count). The third kappa shape index (κ3) is 829. The van der Waals surface area contributed by atoms with Gasteiger partial charge in [0.05, 0.1) is 10.2 Å². The van der Waals surface area contributed by atoms with Crippen molar-refractivity contribution in [3.8, 4) is 0 Å². The van der Waals surface area contributed by atoms with Crippen LogP contribution in [0.5, 0.6) is 0 Å². The molecule has 12 N–H and O–H groups in total. The van der Waals surface area contributed by atoms with Gasteiger partial charge in [-0.15, -0.1) is 0 Å². The normalized spacial score (nSPS) is 3.20. The Morgan fingerprint density at radius 2 is 0.533 bits per heavy atom. The van der Waals surface area contributed by atoms with Gasteiger partial charge in [0.2, 0.25) is 0 Å². The van der Waals surface area contributed by atoms with Crippen LogP contribution in [0.1, 0.15) is 0 Å². The van der Waals surface area contributed by atoms with Gasteiger partial charge in [-0.2, -0.15) is 0 Å². The molecule has 0 amide bonds. The first-order valence-corrected chi connectivity index (χ1v) is 1.10. The minimum absolute atomic E-state index is 0. The Morgan fingerprint density at radius 3 is 0.533 bits per heavy atom. The van der Waals surface area contributed by atoms with Crippen molar-refractivity contribution in [1.29, 1.82) is 0 Å². The summed E-state index contributed by atoms with van der Waals surface area (Å²) in [5.74, 6) is 0. The Kier molecular flexibility index (Phi) is 529.